The van der Waals surface area contributed by atoms with Crippen molar-refractivity contribution in [3.05, 3.63) is 23.0 Å². The summed E-state index contributed by atoms with van der Waals surface area (Å²) < 4.78 is 0. The third kappa shape index (κ3) is 3.05. The van der Waals surface area contributed by atoms with Gasteiger partial charge in [0.2, 0.25) is 0 Å². The molecule has 3 heteroatoms. The van der Waals surface area contributed by atoms with Gasteiger partial charge in [0.05, 0.1) is 11.3 Å². The van der Waals surface area contributed by atoms with Crippen molar-refractivity contribution in [2.45, 2.75) is 56.6 Å². The average molecular weight is 260 g/mol. The zero-order valence-electron chi connectivity index (χ0n) is 11.4. The summed E-state index contributed by atoms with van der Waals surface area (Å²) >= 11 is 1.89. The maximum absolute atomic E-state index is 9.27. The van der Waals surface area contributed by atoms with E-state index in [4.69, 9.17) is 0 Å². The molecular weight excluding hydrogens is 240 g/mol. The number of pyridine rings is 1. The van der Waals surface area contributed by atoms with Crippen LogP contribution in [0.25, 0.3) is 0 Å². The fourth-order valence-electron chi connectivity index (χ4n) is 2.69. The molecule has 2 unspecified atom stereocenters. The van der Waals surface area contributed by atoms with E-state index in [0.717, 1.165) is 27.8 Å². The molecule has 0 radical (unpaired) electrons. The zero-order valence-corrected chi connectivity index (χ0v) is 12.2. The molecule has 0 saturated heterocycles. The van der Waals surface area contributed by atoms with Crippen LogP contribution in [0, 0.1) is 31.1 Å². The van der Waals surface area contributed by atoms with Crippen LogP contribution in [0.1, 0.15) is 49.6 Å². The number of nitrogens with zero attached hydrogens (tertiary/aromatic N) is 2. The highest BCUT2D eigenvalue weighted by molar-refractivity contribution is 8.00. The smallest absolute Gasteiger partial charge is 0.102 e. The Bertz CT molecular complexity index is 476. The Morgan fingerprint density at radius 1 is 1.39 bits per heavy atom. The van der Waals surface area contributed by atoms with Crippen LogP contribution in [0.15, 0.2) is 11.0 Å². The minimum atomic E-state index is 0.669. The van der Waals surface area contributed by atoms with Crippen molar-refractivity contribution in [1.82, 2.24) is 4.98 Å². The van der Waals surface area contributed by atoms with Gasteiger partial charge in [-0.3, -0.25) is 4.98 Å². The van der Waals surface area contributed by atoms with Gasteiger partial charge in [0.1, 0.15) is 6.07 Å². The number of aromatic nitrogens is 1. The van der Waals surface area contributed by atoms with E-state index >= 15 is 0 Å². The topological polar surface area (TPSA) is 36.7 Å². The lowest BCUT2D eigenvalue weighted by Crippen LogP contribution is -2.15. The summed E-state index contributed by atoms with van der Waals surface area (Å²) in [5.41, 5.74) is 2.64. The number of nitriles is 1. The van der Waals surface area contributed by atoms with Crippen molar-refractivity contribution in [2.75, 3.05) is 0 Å². The summed E-state index contributed by atoms with van der Waals surface area (Å²) in [6.45, 7) is 6.27. The van der Waals surface area contributed by atoms with E-state index in [0.29, 0.717) is 5.25 Å². The van der Waals surface area contributed by atoms with E-state index in [1.54, 1.807) is 0 Å². The Kier molecular flexibility index (Phi) is 4.29. The van der Waals surface area contributed by atoms with Gasteiger partial charge in [0.15, 0.2) is 0 Å². The second-order valence-corrected chi connectivity index (χ2v) is 6.69. The lowest BCUT2D eigenvalue weighted by Gasteiger charge is -2.26. The molecule has 0 aromatic carbocycles. The molecule has 18 heavy (non-hydrogen) atoms. The molecule has 1 aromatic rings. The molecule has 0 aliphatic heterocycles. The highest BCUT2D eigenvalue weighted by Crippen LogP contribution is 2.37. The molecule has 96 valence electrons. The quantitative estimate of drug-likeness (QED) is 0.798. The molecule has 1 fully saturated rings. The summed E-state index contributed by atoms with van der Waals surface area (Å²) in [6, 6.07) is 4.37. The zero-order chi connectivity index (χ0) is 13.1. The van der Waals surface area contributed by atoms with Gasteiger partial charge in [-0.15, -0.1) is 11.8 Å². The van der Waals surface area contributed by atoms with Crippen LogP contribution in [0.3, 0.4) is 0 Å². The summed E-state index contributed by atoms with van der Waals surface area (Å²) in [7, 11) is 0. The summed E-state index contributed by atoms with van der Waals surface area (Å²) in [5.74, 6) is 0.825. The Morgan fingerprint density at radius 3 is 2.83 bits per heavy atom. The van der Waals surface area contributed by atoms with Crippen LogP contribution < -0.4 is 0 Å². The third-order valence-corrected chi connectivity index (χ3v) is 4.92. The fraction of sp³-hybridized carbons (Fsp3) is 0.600. The van der Waals surface area contributed by atoms with Gasteiger partial charge < -0.3 is 0 Å². The lowest BCUT2D eigenvalue weighted by molar-refractivity contribution is 0.394. The van der Waals surface area contributed by atoms with E-state index in [2.05, 4.69) is 24.0 Å². The first-order chi connectivity index (χ1) is 8.60. The molecule has 0 amide bonds. The molecule has 1 aliphatic rings. The van der Waals surface area contributed by atoms with Gasteiger partial charge in [-0.05, 0) is 38.7 Å². The van der Waals surface area contributed by atoms with Gasteiger partial charge in [0.25, 0.3) is 0 Å². The second kappa shape index (κ2) is 5.75. The van der Waals surface area contributed by atoms with Gasteiger partial charge in [-0.25, -0.2) is 0 Å². The molecule has 0 bridgehead atoms. The normalized spacial score (nSPS) is 23.7. The molecular formula is C15H20N2S. The van der Waals surface area contributed by atoms with Crippen molar-refractivity contribution < 1.29 is 0 Å². The minimum Gasteiger partial charge on any atom is -0.257 e. The summed E-state index contributed by atoms with van der Waals surface area (Å²) in [6.07, 6.45) is 5.23. The predicted octanol–water partition coefficient (Wildman–Crippen LogP) is 4.24. The van der Waals surface area contributed by atoms with Crippen LogP contribution in [0.5, 0.6) is 0 Å². The van der Waals surface area contributed by atoms with Crippen LogP contribution in [-0.4, -0.2) is 10.2 Å². The summed E-state index contributed by atoms with van der Waals surface area (Å²) in [5, 5.41) is 9.94. The lowest BCUT2D eigenvalue weighted by atomic mass is 9.91. The number of hydrogen-bond donors (Lipinski definition) is 0. The van der Waals surface area contributed by atoms with Crippen molar-refractivity contribution in [3.8, 4) is 6.07 Å². The van der Waals surface area contributed by atoms with Gasteiger partial charge in [-0.1, -0.05) is 19.8 Å². The molecule has 1 saturated carbocycles. The maximum Gasteiger partial charge on any atom is 0.102 e. The summed E-state index contributed by atoms with van der Waals surface area (Å²) in [4.78, 5) is 5.50. The Hall–Kier alpha value is -1.01. The fourth-order valence-corrected chi connectivity index (χ4v) is 4.31. The molecule has 2 nitrogen and oxygen atoms in total. The standard InChI is InChI=1S/C15H20N2S/c1-10-5-4-6-13(7-10)18-15-8-11(2)17-12(3)14(15)9-16/h8,10,13H,4-7H2,1-3H3. The Morgan fingerprint density at radius 2 is 2.17 bits per heavy atom. The van der Waals surface area contributed by atoms with Crippen molar-refractivity contribution in [3.63, 3.8) is 0 Å². The van der Waals surface area contributed by atoms with E-state index < -0.39 is 0 Å². The largest absolute Gasteiger partial charge is 0.257 e. The van der Waals surface area contributed by atoms with Crippen LogP contribution in [-0.2, 0) is 0 Å². The minimum absolute atomic E-state index is 0.669. The van der Waals surface area contributed by atoms with E-state index in [-0.39, 0.29) is 0 Å². The Labute approximate surface area is 114 Å². The van der Waals surface area contributed by atoms with Crippen LogP contribution in [0.2, 0.25) is 0 Å². The molecule has 1 aliphatic carbocycles. The highest BCUT2D eigenvalue weighted by Gasteiger charge is 2.21. The van der Waals surface area contributed by atoms with E-state index in [1.165, 1.54) is 25.7 Å². The highest BCUT2D eigenvalue weighted by atomic mass is 32.2. The van der Waals surface area contributed by atoms with Crippen molar-refractivity contribution in [1.29, 1.82) is 5.26 Å². The number of aryl methyl sites for hydroxylation is 2. The van der Waals surface area contributed by atoms with Crippen molar-refractivity contribution in [2.24, 2.45) is 5.92 Å². The third-order valence-electron chi connectivity index (χ3n) is 3.59. The first kappa shape index (κ1) is 13.4. The van der Waals surface area contributed by atoms with E-state index in [9.17, 15) is 5.26 Å². The van der Waals surface area contributed by atoms with Gasteiger partial charge >= 0.3 is 0 Å². The maximum atomic E-state index is 9.27. The first-order valence-corrected chi connectivity index (χ1v) is 7.53. The molecule has 2 rings (SSSR count). The molecule has 1 aromatic heterocycles. The number of thioether (sulfide) groups is 1. The second-order valence-electron chi connectivity index (χ2n) is 5.35. The van der Waals surface area contributed by atoms with Gasteiger partial charge in [-0.2, -0.15) is 5.26 Å². The van der Waals surface area contributed by atoms with Crippen LogP contribution >= 0.6 is 11.8 Å². The Balaban J connectivity index is 2.20. The number of rotatable bonds is 2. The monoisotopic (exact) mass is 260 g/mol. The molecule has 0 spiro atoms. The predicted molar refractivity (Wildman–Crippen MR) is 75.7 cm³/mol. The number of hydrogen-bond acceptors (Lipinski definition) is 3. The average Bonchev–Trinajstić information content (AvgIpc) is 2.28. The SMILES string of the molecule is Cc1cc(SC2CCCC(C)C2)c(C#N)c(C)n1. The van der Waals surface area contributed by atoms with E-state index in [1.807, 2.05) is 25.6 Å². The molecule has 1 heterocycles. The molecule has 2 atom stereocenters. The van der Waals surface area contributed by atoms with Gasteiger partial charge in [0, 0.05) is 15.8 Å². The van der Waals surface area contributed by atoms with Crippen molar-refractivity contribution >= 4 is 11.8 Å². The molecule has 0 N–H and O–H groups in total. The first-order valence-electron chi connectivity index (χ1n) is 6.65. The van der Waals surface area contributed by atoms with Crippen LogP contribution in [0.4, 0.5) is 0 Å².